The summed E-state index contributed by atoms with van der Waals surface area (Å²) in [6.45, 7) is 5.33. The van der Waals surface area contributed by atoms with Crippen molar-refractivity contribution in [1.29, 1.82) is 0 Å². The molecule has 1 aromatic heterocycles. The number of rotatable bonds is 5. The van der Waals surface area contributed by atoms with Crippen LogP contribution in [0.15, 0.2) is 54.6 Å². The number of hydrogen-bond acceptors (Lipinski definition) is 3. The van der Waals surface area contributed by atoms with E-state index in [1.807, 2.05) is 49.6 Å². The van der Waals surface area contributed by atoms with Gasteiger partial charge in [-0.15, -0.1) is 0 Å². The molecule has 1 N–H and O–H groups in total. The predicted octanol–water partition coefficient (Wildman–Crippen LogP) is 4.34. The lowest BCUT2D eigenvalue weighted by atomic mass is 10.2. The van der Waals surface area contributed by atoms with Crippen LogP contribution in [0, 0.1) is 26.6 Å². The monoisotopic (exact) mass is 380 g/mol. The number of halogens is 1. The van der Waals surface area contributed by atoms with E-state index in [4.69, 9.17) is 4.74 Å². The number of esters is 1. The van der Waals surface area contributed by atoms with Crippen LogP contribution in [-0.4, -0.2) is 23.1 Å². The fourth-order valence-electron chi connectivity index (χ4n) is 3.00. The second-order valence-electron chi connectivity index (χ2n) is 6.59. The van der Waals surface area contributed by atoms with Crippen LogP contribution >= 0.6 is 0 Å². The lowest BCUT2D eigenvalue weighted by Crippen LogP contribution is -2.21. The number of aromatic nitrogens is 1. The standard InChI is InChI=1S/C22H21FN2O3/c1-14-4-10-19(11-5-14)25-15(2)12-20(16(25)3)22(27)28-13-21(26)24-18-8-6-17(23)7-9-18/h4-12H,13H2,1-3H3,(H,24,26). The van der Waals surface area contributed by atoms with Gasteiger partial charge in [0, 0.05) is 22.8 Å². The third-order valence-electron chi connectivity index (χ3n) is 4.41. The van der Waals surface area contributed by atoms with Crippen LogP contribution in [0.5, 0.6) is 0 Å². The molecule has 28 heavy (non-hydrogen) atoms. The maximum Gasteiger partial charge on any atom is 0.340 e. The van der Waals surface area contributed by atoms with Gasteiger partial charge in [-0.05, 0) is 63.2 Å². The predicted molar refractivity (Wildman–Crippen MR) is 105 cm³/mol. The van der Waals surface area contributed by atoms with Gasteiger partial charge in [-0.3, -0.25) is 4.79 Å². The molecule has 0 aliphatic carbocycles. The summed E-state index contributed by atoms with van der Waals surface area (Å²) in [4.78, 5) is 24.4. The van der Waals surface area contributed by atoms with E-state index in [9.17, 15) is 14.0 Å². The molecule has 0 spiro atoms. The number of aryl methyl sites for hydroxylation is 2. The van der Waals surface area contributed by atoms with Crippen LogP contribution in [0.2, 0.25) is 0 Å². The van der Waals surface area contributed by atoms with E-state index in [0.29, 0.717) is 11.3 Å². The highest BCUT2D eigenvalue weighted by molar-refractivity contribution is 5.96. The van der Waals surface area contributed by atoms with E-state index in [2.05, 4.69) is 5.32 Å². The Morgan fingerprint density at radius 2 is 1.64 bits per heavy atom. The van der Waals surface area contributed by atoms with Crippen molar-refractivity contribution in [2.45, 2.75) is 20.8 Å². The van der Waals surface area contributed by atoms with Gasteiger partial charge in [0.15, 0.2) is 6.61 Å². The SMILES string of the molecule is Cc1ccc(-n2c(C)cc(C(=O)OCC(=O)Nc3ccc(F)cc3)c2C)cc1. The Morgan fingerprint density at radius 1 is 1.00 bits per heavy atom. The van der Waals surface area contributed by atoms with Gasteiger partial charge in [-0.1, -0.05) is 17.7 Å². The van der Waals surface area contributed by atoms with E-state index < -0.39 is 24.3 Å². The minimum Gasteiger partial charge on any atom is -0.452 e. The van der Waals surface area contributed by atoms with Gasteiger partial charge in [-0.25, -0.2) is 9.18 Å². The Balaban J connectivity index is 1.67. The number of nitrogens with zero attached hydrogens (tertiary/aromatic N) is 1. The fourth-order valence-corrected chi connectivity index (χ4v) is 3.00. The third kappa shape index (κ3) is 4.28. The highest BCUT2D eigenvalue weighted by Crippen LogP contribution is 2.22. The molecule has 0 aliphatic rings. The summed E-state index contributed by atoms with van der Waals surface area (Å²) in [6, 6.07) is 15.1. The largest absolute Gasteiger partial charge is 0.452 e. The number of anilines is 1. The Morgan fingerprint density at radius 3 is 2.29 bits per heavy atom. The van der Waals surface area contributed by atoms with Crippen molar-refractivity contribution in [2.24, 2.45) is 0 Å². The summed E-state index contributed by atoms with van der Waals surface area (Å²) < 4.78 is 20.0. The van der Waals surface area contributed by atoms with E-state index in [0.717, 1.165) is 22.6 Å². The van der Waals surface area contributed by atoms with Crippen molar-refractivity contribution >= 4 is 17.6 Å². The molecule has 0 unspecified atom stereocenters. The second-order valence-corrected chi connectivity index (χ2v) is 6.59. The Hall–Kier alpha value is -3.41. The summed E-state index contributed by atoms with van der Waals surface area (Å²) in [5.74, 6) is -1.46. The first-order valence-corrected chi connectivity index (χ1v) is 8.83. The maximum atomic E-state index is 12.9. The molecular formula is C22H21FN2O3. The van der Waals surface area contributed by atoms with E-state index in [1.165, 1.54) is 24.3 Å². The Bertz CT molecular complexity index is 1010. The molecule has 0 saturated heterocycles. The van der Waals surface area contributed by atoms with Crippen molar-refractivity contribution in [3.8, 4) is 5.69 Å². The van der Waals surface area contributed by atoms with Crippen LogP contribution in [0.1, 0.15) is 27.3 Å². The molecule has 1 amide bonds. The van der Waals surface area contributed by atoms with E-state index in [1.54, 1.807) is 6.07 Å². The quantitative estimate of drug-likeness (QED) is 0.670. The molecular weight excluding hydrogens is 359 g/mol. The van der Waals surface area contributed by atoms with Crippen LogP contribution in [-0.2, 0) is 9.53 Å². The van der Waals surface area contributed by atoms with Gasteiger partial charge >= 0.3 is 5.97 Å². The summed E-state index contributed by atoms with van der Waals surface area (Å²) in [7, 11) is 0. The van der Waals surface area contributed by atoms with Crippen molar-refractivity contribution in [3.05, 3.63) is 82.9 Å². The highest BCUT2D eigenvalue weighted by atomic mass is 19.1. The van der Waals surface area contributed by atoms with Crippen LogP contribution in [0.25, 0.3) is 5.69 Å². The minimum absolute atomic E-state index is 0.395. The summed E-state index contributed by atoms with van der Waals surface area (Å²) in [6.07, 6.45) is 0. The van der Waals surface area contributed by atoms with E-state index in [-0.39, 0.29) is 0 Å². The molecule has 0 fully saturated rings. The third-order valence-corrected chi connectivity index (χ3v) is 4.41. The van der Waals surface area contributed by atoms with Crippen molar-refractivity contribution < 1.29 is 18.7 Å². The molecule has 144 valence electrons. The first kappa shape index (κ1) is 19.4. The van der Waals surface area contributed by atoms with Gasteiger partial charge in [0.05, 0.1) is 5.56 Å². The molecule has 1 heterocycles. The minimum atomic E-state index is -0.569. The molecule has 3 aromatic rings. The first-order valence-electron chi connectivity index (χ1n) is 8.83. The van der Waals surface area contributed by atoms with Crippen molar-refractivity contribution in [1.82, 2.24) is 4.57 Å². The average Bonchev–Trinajstić information content (AvgIpc) is 2.97. The number of ether oxygens (including phenoxy) is 1. The van der Waals surface area contributed by atoms with E-state index >= 15 is 0 Å². The first-order chi connectivity index (χ1) is 13.3. The number of carbonyl (C=O) groups excluding carboxylic acids is 2. The zero-order valence-corrected chi connectivity index (χ0v) is 16.0. The zero-order valence-electron chi connectivity index (χ0n) is 16.0. The summed E-state index contributed by atoms with van der Waals surface area (Å²) in [5, 5.41) is 2.55. The molecule has 0 atom stereocenters. The molecule has 0 saturated carbocycles. The van der Waals surface area contributed by atoms with Gasteiger partial charge in [0.1, 0.15) is 5.82 Å². The Kier molecular flexibility index (Phi) is 5.59. The normalized spacial score (nSPS) is 10.6. The number of benzene rings is 2. The zero-order chi connectivity index (χ0) is 20.3. The summed E-state index contributed by atoms with van der Waals surface area (Å²) in [5.41, 5.74) is 4.58. The van der Waals surface area contributed by atoms with Crippen LogP contribution in [0.3, 0.4) is 0 Å². The molecule has 0 radical (unpaired) electrons. The maximum absolute atomic E-state index is 12.9. The van der Waals surface area contributed by atoms with Gasteiger partial charge in [0.2, 0.25) is 0 Å². The van der Waals surface area contributed by atoms with Crippen molar-refractivity contribution in [2.75, 3.05) is 11.9 Å². The molecule has 0 aliphatic heterocycles. The molecule has 6 heteroatoms. The van der Waals surface area contributed by atoms with Gasteiger partial charge < -0.3 is 14.6 Å². The van der Waals surface area contributed by atoms with Crippen LogP contribution in [0.4, 0.5) is 10.1 Å². The number of amides is 1. The topological polar surface area (TPSA) is 60.3 Å². The number of carbonyl (C=O) groups is 2. The van der Waals surface area contributed by atoms with Gasteiger partial charge in [0.25, 0.3) is 5.91 Å². The average molecular weight is 380 g/mol. The lowest BCUT2D eigenvalue weighted by Gasteiger charge is -2.10. The van der Waals surface area contributed by atoms with Gasteiger partial charge in [-0.2, -0.15) is 0 Å². The van der Waals surface area contributed by atoms with Crippen molar-refractivity contribution in [3.63, 3.8) is 0 Å². The molecule has 5 nitrogen and oxygen atoms in total. The number of hydrogen-bond donors (Lipinski definition) is 1. The van der Waals surface area contributed by atoms with Crippen LogP contribution < -0.4 is 5.32 Å². The number of nitrogens with one attached hydrogen (secondary N) is 1. The Labute approximate surface area is 162 Å². The summed E-state index contributed by atoms with van der Waals surface area (Å²) >= 11 is 0. The smallest absolute Gasteiger partial charge is 0.340 e. The molecule has 2 aromatic carbocycles. The highest BCUT2D eigenvalue weighted by Gasteiger charge is 2.19. The molecule has 3 rings (SSSR count). The lowest BCUT2D eigenvalue weighted by molar-refractivity contribution is -0.119. The molecule has 0 bridgehead atoms. The second kappa shape index (κ2) is 8.08. The fraction of sp³-hybridized carbons (Fsp3) is 0.182.